The Morgan fingerprint density at radius 1 is 1.44 bits per heavy atom. The van der Waals surface area contributed by atoms with E-state index in [1.807, 2.05) is 30.8 Å². The van der Waals surface area contributed by atoms with Gasteiger partial charge in [0.2, 0.25) is 0 Å². The molecule has 1 heterocycles. The van der Waals surface area contributed by atoms with Crippen LogP contribution in [-0.4, -0.2) is 15.6 Å². The van der Waals surface area contributed by atoms with Crippen molar-refractivity contribution in [1.82, 2.24) is 9.78 Å². The third-order valence-corrected chi connectivity index (χ3v) is 3.11. The minimum atomic E-state index is 0.0747. The normalized spacial score (nSPS) is 10.6. The van der Waals surface area contributed by atoms with E-state index >= 15 is 0 Å². The molecule has 1 aromatic carbocycles. The van der Waals surface area contributed by atoms with E-state index < -0.39 is 0 Å². The monoisotopic (exact) mass is 262 g/mol. The van der Waals surface area contributed by atoms with Gasteiger partial charge in [0.1, 0.15) is 0 Å². The van der Waals surface area contributed by atoms with E-state index in [9.17, 15) is 4.79 Å². The van der Waals surface area contributed by atoms with Crippen molar-refractivity contribution in [2.24, 2.45) is 0 Å². The molecule has 0 atom stereocenters. The summed E-state index contributed by atoms with van der Waals surface area (Å²) < 4.78 is 1.81. The van der Waals surface area contributed by atoms with Gasteiger partial charge in [-0.3, -0.25) is 9.48 Å². The van der Waals surface area contributed by atoms with Gasteiger partial charge in [-0.05, 0) is 37.1 Å². The lowest BCUT2D eigenvalue weighted by Gasteiger charge is -2.04. The SMILES string of the molecule is CCn1cc(CC(=O)c2cc(Cl)ccc2C)cn1. The highest BCUT2D eigenvalue weighted by Crippen LogP contribution is 2.17. The molecular formula is C14H15ClN2O. The Morgan fingerprint density at radius 3 is 2.89 bits per heavy atom. The summed E-state index contributed by atoms with van der Waals surface area (Å²) >= 11 is 5.92. The Balaban J connectivity index is 2.19. The van der Waals surface area contributed by atoms with E-state index in [1.165, 1.54) is 0 Å². The van der Waals surface area contributed by atoms with Crippen LogP contribution in [0.4, 0.5) is 0 Å². The van der Waals surface area contributed by atoms with Gasteiger partial charge in [0.05, 0.1) is 6.20 Å². The number of nitrogens with zero attached hydrogens (tertiary/aromatic N) is 2. The topological polar surface area (TPSA) is 34.9 Å². The number of Topliss-reactive ketones (excluding diaryl/α,β-unsaturated/α-hetero) is 1. The second kappa shape index (κ2) is 5.36. The Kier molecular flexibility index (Phi) is 3.82. The zero-order chi connectivity index (χ0) is 13.1. The summed E-state index contributed by atoms with van der Waals surface area (Å²) in [5.74, 6) is 0.0747. The highest BCUT2D eigenvalue weighted by Gasteiger charge is 2.11. The lowest BCUT2D eigenvalue weighted by atomic mass is 10.0. The predicted octanol–water partition coefficient (Wildman–Crippen LogP) is 3.29. The second-order valence-electron chi connectivity index (χ2n) is 4.26. The molecule has 0 aliphatic carbocycles. The number of carbonyl (C=O) groups is 1. The van der Waals surface area contributed by atoms with Gasteiger partial charge in [-0.25, -0.2) is 0 Å². The molecule has 0 saturated carbocycles. The summed E-state index contributed by atoms with van der Waals surface area (Å²) in [5, 5.41) is 4.75. The molecule has 0 aliphatic heterocycles. The van der Waals surface area contributed by atoms with Gasteiger partial charge in [0.25, 0.3) is 0 Å². The first-order valence-electron chi connectivity index (χ1n) is 5.91. The Hall–Kier alpha value is -1.61. The van der Waals surface area contributed by atoms with Crippen LogP contribution in [0.25, 0.3) is 0 Å². The lowest BCUT2D eigenvalue weighted by molar-refractivity contribution is 0.0992. The summed E-state index contributed by atoms with van der Waals surface area (Å²) in [4.78, 5) is 12.2. The van der Waals surface area contributed by atoms with Crippen LogP contribution in [0.5, 0.6) is 0 Å². The fraction of sp³-hybridized carbons (Fsp3) is 0.286. The average molecular weight is 263 g/mol. The van der Waals surface area contributed by atoms with Gasteiger partial charge in [-0.1, -0.05) is 17.7 Å². The number of ketones is 1. The van der Waals surface area contributed by atoms with Crippen LogP contribution < -0.4 is 0 Å². The number of hydrogen-bond acceptors (Lipinski definition) is 2. The molecule has 0 fully saturated rings. The third kappa shape index (κ3) is 2.79. The number of halogens is 1. The number of carbonyl (C=O) groups excluding carboxylic acids is 1. The van der Waals surface area contributed by atoms with Crippen molar-refractivity contribution in [3.63, 3.8) is 0 Å². The maximum Gasteiger partial charge on any atom is 0.167 e. The molecule has 0 saturated heterocycles. The number of aromatic nitrogens is 2. The molecule has 0 unspecified atom stereocenters. The molecule has 94 valence electrons. The standard InChI is InChI=1S/C14H15ClN2O/c1-3-17-9-11(8-16-17)6-14(18)13-7-12(15)5-4-10(13)2/h4-5,7-9H,3,6H2,1-2H3. The van der Waals surface area contributed by atoms with Gasteiger partial charge in [-0.15, -0.1) is 0 Å². The fourth-order valence-electron chi connectivity index (χ4n) is 1.85. The van der Waals surface area contributed by atoms with Gasteiger partial charge < -0.3 is 0 Å². The van der Waals surface area contributed by atoms with Crippen molar-refractivity contribution in [3.05, 3.63) is 52.3 Å². The first kappa shape index (κ1) is 12.8. The number of hydrogen-bond donors (Lipinski definition) is 0. The van der Waals surface area contributed by atoms with Crippen molar-refractivity contribution in [3.8, 4) is 0 Å². The van der Waals surface area contributed by atoms with E-state index in [-0.39, 0.29) is 5.78 Å². The number of aryl methyl sites for hydroxylation is 2. The molecule has 2 aromatic rings. The summed E-state index contributed by atoms with van der Waals surface area (Å²) in [5.41, 5.74) is 2.57. The van der Waals surface area contributed by atoms with Crippen LogP contribution in [-0.2, 0) is 13.0 Å². The highest BCUT2D eigenvalue weighted by molar-refractivity contribution is 6.31. The van der Waals surface area contributed by atoms with Crippen LogP contribution in [0.3, 0.4) is 0 Å². The van der Waals surface area contributed by atoms with Gasteiger partial charge in [-0.2, -0.15) is 5.10 Å². The molecule has 18 heavy (non-hydrogen) atoms. The minimum Gasteiger partial charge on any atom is -0.294 e. The Bertz CT molecular complexity index is 575. The molecular weight excluding hydrogens is 248 g/mol. The van der Waals surface area contributed by atoms with Crippen LogP contribution in [0.2, 0.25) is 5.02 Å². The third-order valence-electron chi connectivity index (χ3n) is 2.88. The van der Waals surface area contributed by atoms with E-state index in [1.54, 1.807) is 18.3 Å². The maximum absolute atomic E-state index is 12.2. The van der Waals surface area contributed by atoms with E-state index in [0.717, 1.165) is 17.7 Å². The van der Waals surface area contributed by atoms with Gasteiger partial charge >= 0.3 is 0 Å². The van der Waals surface area contributed by atoms with Crippen molar-refractivity contribution >= 4 is 17.4 Å². The average Bonchev–Trinajstić information content (AvgIpc) is 2.80. The smallest absolute Gasteiger partial charge is 0.167 e. The van der Waals surface area contributed by atoms with Gasteiger partial charge in [0.15, 0.2) is 5.78 Å². The number of benzene rings is 1. The van der Waals surface area contributed by atoms with Crippen molar-refractivity contribution < 1.29 is 4.79 Å². The molecule has 0 bridgehead atoms. The predicted molar refractivity (Wildman–Crippen MR) is 72.1 cm³/mol. The lowest BCUT2D eigenvalue weighted by Crippen LogP contribution is -2.05. The van der Waals surface area contributed by atoms with Crippen molar-refractivity contribution in [1.29, 1.82) is 0 Å². The molecule has 0 N–H and O–H groups in total. The molecule has 0 radical (unpaired) electrons. The first-order valence-corrected chi connectivity index (χ1v) is 6.28. The minimum absolute atomic E-state index is 0.0747. The van der Waals surface area contributed by atoms with Gasteiger partial charge in [0, 0.05) is 29.7 Å². The molecule has 2 rings (SSSR count). The van der Waals surface area contributed by atoms with Crippen LogP contribution in [0.15, 0.2) is 30.6 Å². The number of rotatable bonds is 4. The highest BCUT2D eigenvalue weighted by atomic mass is 35.5. The van der Waals surface area contributed by atoms with Crippen LogP contribution in [0, 0.1) is 6.92 Å². The quantitative estimate of drug-likeness (QED) is 0.793. The Morgan fingerprint density at radius 2 is 2.22 bits per heavy atom. The molecule has 4 heteroatoms. The first-order chi connectivity index (χ1) is 8.60. The Labute approximate surface area is 111 Å². The fourth-order valence-corrected chi connectivity index (χ4v) is 2.02. The summed E-state index contributed by atoms with van der Waals surface area (Å²) in [6.07, 6.45) is 4.00. The van der Waals surface area contributed by atoms with E-state index in [0.29, 0.717) is 17.0 Å². The maximum atomic E-state index is 12.2. The summed E-state index contributed by atoms with van der Waals surface area (Å²) in [6, 6.07) is 5.39. The van der Waals surface area contributed by atoms with Crippen molar-refractivity contribution in [2.75, 3.05) is 0 Å². The second-order valence-corrected chi connectivity index (χ2v) is 4.70. The molecule has 0 amide bonds. The van der Waals surface area contributed by atoms with Crippen LogP contribution >= 0.6 is 11.6 Å². The molecule has 1 aromatic heterocycles. The largest absolute Gasteiger partial charge is 0.294 e. The zero-order valence-electron chi connectivity index (χ0n) is 10.5. The molecule has 0 spiro atoms. The molecule has 0 aliphatic rings. The molecule has 3 nitrogen and oxygen atoms in total. The summed E-state index contributed by atoms with van der Waals surface area (Å²) in [6.45, 7) is 4.74. The van der Waals surface area contributed by atoms with Crippen molar-refractivity contribution in [2.45, 2.75) is 26.8 Å². The van der Waals surface area contributed by atoms with Crippen LogP contribution in [0.1, 0.15) is 28.4 Å². The van der Waals surface area contributed by atoms with E-state index in [2.05, 4.69) is 5.10 Å². The summed E-state index contributed by atoms with van der Waals surface area (Å²) in [7, 11) is 0. The van der Waals surface area contributed by atoms with E-state index in [4.69, 9.17) is 11.6 Å². The zero-order valence-corrected chi connectivity index (χ0v) is 11.2.